The first-order valence-corrected chi connectivity index (χ1v) is 13.4. The lowest BCUT2D eigenvalue weighted by Crippen LogP contribution is -2.34. The SMILES string of the molecule is O=C(NCC1C=CC(I)=CC1)C1=CC(=O)c2ccc(S(=O)(=O)Nc3cccc(C(F)(F)F)c3)cc2C1=O. The Hall–Kier alpha value is -3.26. The van der Waals surface area contributed by atoms with Gasteiger partial charge in [-0.2, -0.15) is 13.2 Å². The Morgan fingerprint density at radius 3 is 2.51 bits per heavy atom. The monoisotopic (exact) mass is 642 g/mol. The molecule has 7 nitrogen and oxygen atoms in total. The van der Waals surface area contributed by atoms with Crippen molar-refractivity contribution in [1.29, 1.82) is 0 Å². The van der Waals surface area contributed by atoms with Gasteiger partial charge in [0.25, 0.3) is 15.9 Å². The highest BCUT2D eigenvalue weighted by Crippen LogP contribution is 2.32. The first-order valence-electron chi connectivity index (χ1n) is 10.8. The average Bonchev–Trinajstić information content (AvgIpc) is 2.84. The molecule has 0 spiro atoms. The molecule has 2 aromatic carbocycles. The number of carbonyl (C=O) groups excluding carboxylic acids is 3. The van der Waals surface area contributed by atoms with Gasteiger partial charge in [0.1, 0.15) is 0 Å². The van der Waals surface area contributed by atoms with Crippen molar-refractivity contribution < 1.29 is 36.0 Å². The first kappa shape index (κ1) is 26.8. The molecule has 0 aromatic heterocycles. The van der Waals surface area contributed by atoms with Crippen molar-refractivity contribution in [2.75, 3.05) is 11.3 Å². The number of allylic oxidation sites excluding steroid dienone is 4. The van der Waals surface area contributed by atoms with Crippen LogP contribution in [0, 0.1) is 5.92 Å². The van der Waals surface area contributed by atoms with Crippen molar-refractivity contribution in [1.82, 2.24) is 5.32 Å². The van der Waals surface area contributed by atoms with Gasteiger partial charge < -0.3 is 5.32 Å². The molecule has 192 valence electrons. The van der Waals surface area contributed by atoms with Gasteiger partial charge in [0.05, 0.1) is 16.0 Å². The molecule has 1 atom stereocenters. The third-order valence-electron chi connectivity index (χ3n) is 5.69. The van der Waals surface area contributed by atoms with Gasteiger partial charge in [-0.05, 0) is 71.3 Å². The summed E-state index contributed by atoms with van der Waals surface area (Å²) in [5.74, 6) is -2.23. The van der Waals surface area contributed by atoms with E-state index < -0.39 is 49.7 Å². The summed E-state index contributed by atoms with van der Waals surface area (Å²) < 4.78 is 67.8. The second kappa shape index (κ2) is 10.2. The molecule has 12 heteroatoms. The van der Waals surface area contributed by atoms with Crippen LogP contribution < -0.4 is 10.0 Å². The Morgan fingerprint density at radius 1 is 1.08 bits per heavy atom. The number of fused-ring (bicyclic) bond motifs is 1. The van der Waals surface area contributed by atoms with Gasteiger partial charge in [0, 0.05) is 33.0 Å². The maximum atomic E-state index is 13.0. The van der Waals surface area contributed by atoms with E-state index in [1.54, 1.807) is 0 Å². The Kier molecular flexibility index (Phi) is 7.42. The lowest BCUT2D eigenvalue weighted by molar-refractivity contribution is -0.137. The number of carbonyl (C=O) groups is 3. The van der Waals surface area contributed by atoms with Crippen LogP contribution in [0.25, 0.3) is 0 Å². The van der Waals surface area contributed by atoms with E-state index in [0.717, 1.165) is 46.1 Å². The van der Waals surface area contributed by atoms with Gasteiger partial charge in [-0.25, -0.2) is 8.42 Å². The van der Waals surface area contributed by atoms with E-state index in [1.807, 2.05) is 23.0 Å². The summed E-state index contributed by atoms with van der Waals surface area (Å²) >= 11 is 2.17. The summed E-state index contributed by atoms with van der Waals surface area (Å²) in [6, 6.07) is 6.73. The Bertz CT molecular complexity index is 1510. The minimum atomic E-state index is -4.67. The molecule has 0 radical (unpaired) electrons. The van der Waals surface area contributed by atoms with Crippen molar-refractivity contribution in [2.24, 2.45) is 5.92 Å². The number of benzene rings is 2. The van der Waals surface area contributed by atoms with Crippen molar-refractivity contribution in [3.8, 4) is 0 Å². The molecule has 0 heterocycles. The summed E-state index contributed by atoms with van der Waals surface area (Å²) in [4.78, 5) is 37.8. The standard InChI is InChI=1S/C25H18F3IN2O5S/c26-25(27,28)15-2-1-3-17(10-15)31-37(35,36)18-8-9-19-20(11-18)23(33)21(12-22(19)32)24(34)30-13-14-4-6-16(29)7-5-14/h1-4,6-12,14,31H,5,13H2,(H,30,34). The van der Waals surface area contributed by atoms with Gasteiger partial charge in [-0.1, -0.05) is 24.3 Å². The average molecular weight is 642 g/mol. The lowest BCUT2D eigenvalue weighted by atomic mass is 9.89. The Balaban J connectivity index is 1.54. The highest BCUT2D eigenvalue weighted by atomic mass is 127. The first-order chi connectivity index (χ1) is 17.3. The molecule has 1 amide bonds. The summed E-state index contributed by atoms with van der Waals surface area (Å²) in [6.07, 6.45) is 2.76. The number of hydrogen-bond acceptors (Lipinski definition) is 5. The number of amides is 1. The molecule has 0 aliphatic heterocycles. The minimum Gasteiger partial charge on any atom is -0.351 e. The molecule has 0 saturated carbocycles. The topological polar surface area (TPSA) is 109 Å². The second-order valence-corrected chi connectivity index (χ2v) is 11.2. The molecule has 4 rings (SSSR count). The van der Waals surface area contributed by atoms with E-state index in [0.29, 0.717) is 12.5 Å². The van der Waals surface area contributed by atoms with Crippen molar-refractivity contribution in [3.63, 3.8) is 0 Å². The highest BCUT2D eigenvalue weighted by Gasteiger charge is 2.33. The van der Waals surface area contributed by atoms with Crippen LogP contribution in [-0.4, -0.2) is 32.4 Å². The van der Waals surface area contributed by atoms with Crippen molar-refractivity contribution in [2.45, 2.75) is 17.5 Å². The molecule has 2 aliphatic carbocycles. The zero-order valence-corrected chi connectivity index (χ0v) is 21.8. The minimum absolute atomic E-state index is 0.0171. The fourth-order valence-corrected chi connectivity index (χ4v) is 5.30. The second-order valence-electron chi connectivity index (χ2n) is 8.30. The van der Waals surface area contributed by atoms with Crippen LogP contribution in [0.5, 0.6) is 0 Å². The molecule has 2 aliphatic rings. The van der Waals surface area contributed by atoms with Crippen LogP contribution in [0.2, 0.25) is 0 Å². The number of hydrogen-bond donors (Lipinski definition) is 2. The zero-order chi connectivity index (χ0) is 27.0. The number of rotatable bonds is 6. The van der Waals surface area contributed by atoms with Crippen LogP contribution in [-0.2, 0) is 21.0 Å². The molecule has 37 heavy (non-hydrogen) atoms. The summed E-state index contributed by atoms with van der Waals surface area (Å²) in [5.41, 5.74) is -2.19. The van der Waals surface area contributed by atoms with Gasteiger partial charge >= 0.3 is 6.18 Å². The van der Waals surface area contributed by atoms with E-state index in [4.69, 9.17) is 0 Å². The zero-order valence-electron chi connectivity index (χ0n) is 18.8. The van der Waals surface area contributed by atoms with Crippen molar-refractivity contribution in [3.05, 3.63) is 92.6 Å². The van der Waals surface area contributed by atoms with Gasteiger partial charge in [-0.3, -0.25) is 19.1 Å². The summed E-state index contributed by atoms with van der Waals surface area (Å²) in [6.45, 7) is 0.233. The Morgan fingerprint density at radius 2 is 1.84 bits per heavy atom. The lowest BCUT2D eigenvalue weighted by Gasteiger charge is -2.18. The predicted molar refractivity (Wildman–Crippen MR) is 138 cm³/mol. The molecule has 0 bridgehead atoms. The number of ketones is 2. The van der Waals surface area contributed by atoms with E-state index in [2.05, 4.69) is 27.9 Å². The fraction of sp³-hybridized carbons (Fsp3) is 0.160. The van der Waals surface area contributed by atoms with Crippen LogP contribution in [0.1, 0.15) is 32.7 Å². The van der Waals surface area contributed by atoms with E-state index in [9.17, 15) is 36.0 Å². The molecule has 2 N–H and O–H groups in total. The third kappa shape index (κ3) is 6.01. The molecule has 0 fully saturated rings. The molecular weight excluding hydrogens is 624 g/mol. The predicted octanol–water partition coefficient (Wildman–Crippen LogP) is 4.82. The maximum Gasteiger partial charge on any atom is 0.416 e. The molecule has 2 aromatic rings. The number of anilines is 1. The van der Waals surface area contributed by atoms with E-state index in [1.165, 1.54) is 0 Å². The van der Waals surface area contributed by atoms with Crippen LogP contribution in [0.3, 0.4) is 0 Å². The largest absolute Gasteiger partial charge is 0.416 e. The maximum absolute atomic E-state index is 13.0. The van der Waals surface area contributed by atoms with Gasteiger partial charge in [0.2, 0.25) is 0 Å². The van der Waals surface area contributed by atoms with Crippen LogP contribution >= 0.6 is 22.6 Å². The highest BCUT2D eigenvalue weighted by molar-refractivity contribution is 14.1. The van der Waals surface area contributed by atoms with E-state index in [-0.39, 0.29) is 29.3 Å². The quantitative estimate of drug-likeness (QED) is 0.347. The van der Waals surface area contributed by atoms with Crippen LogP contribution in [0.15, 0.2) is 80.8 Å². The molecular formula is C25H18F3IN2O5S. The molecule has 0 saturated heterocycles. The van der Waals surface area contributed by atoms with Crippen LogP contribution in [0.4, 0.5) is 18.9 Å². The number of Topliss-reactive ketones (excluding diaryl/α,β-unsaturated/α-hetero) is 1. The Labute approximate surface area is 223 Å². The van der Waals surface area contributed by atoms with Crippen molar-refractivity contribution >= 4 is 55.8 Å². The normalized spacial score (nSPS) is 17.6. The summed E-state index contributed by atoms with van der Waals surface area (Å²) in [5, 5.41) is 2.63. The van der Waals surface area contributed by atoms with Gasteiger partial charge in [0.15, 0.2) is 11.6 Å². The number of halogens is 4. The number of alkyl halides is 3. The number of sulfonamides is 1. The molecule has 1 unspecified atom stereocenters. The smallest absolute Gasteiger partial charge is 0.351 e. The van der Waals surface area contributed by atoms with Gasteiger partial charge in [-0.15, -0.1) is 0 Å². The fourth-order valence-electron chi connectivity index (χ4n) is 3.76. The number of nitrogens with one attached hydrogen (secondary N) is 2. The summed E-state index contributed by atoms with van der Waals surface area (Å²) in [7, 11) is -4.43. The van der Waals surface area contributed by atoms with E-state index >= 15 is 0 Å². The third-order valence-corrected chi connectivity index (χ3v) is 7.87.